The largest absolute Gasteiger partial charge is 2.00 e. The standard InChI is InChI=1S/C6H8O7.2Fe/c7-3(8)1-6(13,5(11)12)2-4(9)10;;/h13H,1-2H2,(H,7,8)(H,9,10)(H,11,12);;/q;2*+2/p-3. The summed E-state index contributed by atoms with van der Waals surface area (Å²) in [4.78, 5) is 30.0. The van der Waals surface area contributed by atoms with Gasteiger partial charge in [0.25, 0.3) is 0 Å². The molecular formula is C6H5Fe2O7+. The quantitative estimate of drug-likeness (QED) is 0.500. The minimum atomic E-state index is -2.97. The molecule has 0 unspecified atom stereocenters. The van der Waals surface area contributed by atoms with Gasteiger partial charge in [-0.2, -0.15) is 0 Å². The van der Waals surface area contributed by atoms with E-state index in [1.807, 2.05) is 0 Å². The van der Waals surface area contributed by atoms with E-state index in [0.717, 1.165) is 0 Å². The van der Waals surface area contributed by atoms with Gasteiger partial charge in [0, 0.05) is 24.8 Å². The van der Waals surface area contributed by atoms with E-state index in [4.69, 9.17) is 5.11 Å². The van der Waals surface area contributed by atoms with Crippen LogP contribution in [0.4, 0.5) is 0 Å². The molecule has 86 valence electrons. The van der Waals surface area contributed by atoms with Gasteiger partial charge in [0.15, 0.2) is 0 Å². The topological polar surface area (TPSA) is 141 Å². The molecule has 0 fully saturated rings. The average Bonchev–Trinajstić information content (AvgIpc) is 1.82. The van der Waals surface area contributed by atoms with Crippen molar-refractivity contribution in [1.82, 2.24) is 0 Å². The fraction of sp³-hybridized carbons (Fsp3) is 0.500. The van der Waals surface area contributed by atoms with Crippen LogP contribution in [0.1, 0.15) is 12.8 Å². The van der Waals surface area contributed by atoms with Crippen LogP contribution in [0.15, 0.2) is 0 Å². The number of carbonyl (C=O) groups excluding carboxylic acids is 3. The third kappa shape index (κ3) is 7.35. The van der Waals surface area contributed by atoms with Crippen LogP contribution in [0.2, 0.25) is 0 Å². The smallest absolute Gasteiger partial charge is 0.550 e. The van der Waals surface area contributed by atoms with Crippen molar-refractivity contribution < 1.29 is 68.9 Å². The predicted molar refractivity (Wildman–Crippen MR) is 29.2 cm³/mol. The normalized spacial score (nSPS) is 9.40. The number of rotatable bonds is 5. The first-order chi connectivity index (χ1) is 5.78. The van der Waals surface area contributed by atoms with Crippen LogP contribution in [-0.4, -0.2) is 28.6 Å². The summed E-state index contributed by atoms with van der Waals surface area (Å²) in [6, 6.07) is 0. The van der Waals surface area contributed by atoms with Gasteiger partial charge >= 0.3 is 34.1 Å². The van der Waals surface area contributed by atoms with Crippen molar-refractivity contribution in [2.45, 2.75) is 18.4 Å². The number of aliphatic carboxylic acids is 3. The second-order valence-electron chi connectivity index (χ2n) is 2.42. The molecule has 0 aliphatic heterocycles. The predicted octanol–water partition coefficient (Wildman–Crippen LogP) is -5.26. The third-order valence-electron chi connectivity index (χ3n) is 1.25. The molecule has 9 heteroatoms. The Morgan fingerprint density at radius 3 is 1.33 bits per heavy atom. The molecule has 0 aliphatic rings. The van der Waals surface area contributed by atoms with Crippen LogP contribution < -0.4 is 15.3 Å². The summed E-state index contributed by atoms with van der Waals surface area (Å²) in [6.45, 7) is 0. The van der Waals surface area contributed by atoms with E-state index in [0.29, 0.717) is 0 Å². The molecule has 0 aliphatic carbocycles. The third-order valence-corrected chi connectivity index (χ3v) is 1.25. The maximum Gasteiger partial charge on any atom is 2.00 e. The SMILES string of the molecule is O=C([O-])CC(O)(CC(=O)[O-])C(=O)[O-].[Fe+2].[Fe+2]. The molecule has 0 saturated heterocycles. The molecule has 0 radical (unpaired) electrons. The van der Waals surface area contributed by atoms with Gasteiger partial charge in [-0.3, -0.25) is 0 Å². The monoisotopic (exact) mass is 301 g/mol. The molecule has 0 atom stereocenters. The van der Waals surface area contributed by atoms with Crippen LogP contribution in [0, 0.1) is 0 Å². The van der Waals surface area contributed by atoms with Crippen LogP contribution in [0.5, 0.6) is 0 Å². The number of carboxylic acids is 3. The molecule has 0 spiro atoms. The molecular weight excluding hydrogens is 296 g/mol. The van der Waals surface area contributed by atoms with Gasteiger partial charge in [0.05, 0.1) is 5.97 Å². The van der Waals surface area contributed by atoms with Gasteiger partial charge in [-0.25, -0.2) is 0 Å². The molecule has 0 rings (SSSR count). The van der Waals surface area contributed by atoms with Crippen molar-refractivity contribution in [1.29, 1.82) is 0 Å². The van der Waals surface area contributed by atoms with Gasteiger partial charge in [-0.1, -0.05) is 0 Å². The number of carboxylic acid groups (broad SMARTS) is 3. The number of hydrogen-bond donors (Lipinski definition) is 1. The van der Waals surface area contributed by atoms with Gasteiger partial charge in [0.1, 0.15) is 5.60 Å². The van der Waals surface area contributed by atoms with E-state index in [-0.39, 0.29) is 34.1 Å². The Morgan fingerprint density at radius 2 is 1.20 bits per heavy atom. The molecule has 0 aromatic heterocycles. The average molecular weight is 301 g/mol. The molecule has 7 nitrogen and oxygen atoms in total. The molecule has 1 N–H and O–H groups in total. The molecule has 0 heterocycles. The maximum absolute atomic E-state index is 10.1. The summed E-state index contributed by atoms with van der Waals surface area (Å²) < 4.78 is 0. The van der Waals surface area contributed by atoms with Gasteiger partial charge < -0.3 is 34.8 Å². The maximum atomic E-state index is 10.1. The minimum absolute atomic E-state index is 0. The van der Waals surface area contributed by atoms with E-state index in [1.165, 1.54) is 0 Å². The van der Waals surface area contributed by atoms with Crippen molar-refractivity contribution >= 4 is 17.9 Å². The van der Waals surface area contributed by atoms with Crippen molar-refractivity contribution in [2.75, 3.05) is 0 Å². The summed E-state index contributed by atoms with van der Waals surface area (Å²) >= 11 is 0. The zero-order valence-electron chi connectivity index (χ0n) is 7.02. The Balaban J connectivity index is -0.000000720. The van der Waals surface area contributed by atoms with E-state index < -0.39 is 36.4 Å². The number of aliphatic hydroxyl groups is 1. The Bertz CT molecular complexity index is 236. The van der Waals surface area contributed by atoms with Crippen LogP contribution in [-0.2, 0) is 48.5 Å². The fourth-order valence-corrected chi connectivity index (χ4v) is 0.684. The van der Waals surface area contributed by atoms with Crippen molar-refractivity contribution in [3.8, 4) is 0 Å². The number of carbonyl (C=O) groups is 3. The first-order valence-corrected chi connectivity index (χ1v) is 3.11. The van der Waals surface area contributed by atoms with Crippen molar-refractivity contribution in [2.24, 2.45) is 0 Å². The molecule has 0 amide bonds. The first kappa shape index (κ1) is 19.9. The molecule has 0 bridgehead atoms. The zero-order chi connectivity index (χ0) is 10.6. The Labute approximate surface area is 105 Å². The Kier molecular flexibility index (Phi) is 10.2. The zero-order valence-corrected chi connectivity index (χ0v) is 9.23. The number of hydrogen-bond acceptors (Lipinski definition) is 7. The van der Waals surface area contributed by atoms with E-state index in [2.05, 4.69) is 0 Å². The van der Waals surface area contributed by atoms with Gasteiger partial charge in [-0.05, 0) is 0 Å². The first-order valence-electron chi connectivity index (χ1n) is 3.11. The van der Waals surface area contributed by atoms with Crippen LogP contribution in [0.3, 0.4) is 0 Å². The van der Waals surface area contributed by atoms with Gasteiger partial charge in [-0.15, -0.1) is 0 Å². The fourth-order valence-electron chi connectivity index (χ4n) is 0.684. The summed E-state index contributed by atoms with van der Waals surface area (Å²) in [5, 5.41) is 38.9. The summed E-state index contributed by atoms with van der Waals surface area (Å²) in [5.41, 5.74) is -2.97. The van der Waals surface area contributed by atoms with E-state index in [9.17, 15) is 29.7 Å². The molecule has 0 aromatic rings. The minimum Gasteiger partial charge on any atom is -0.550 e. The van der Waals surface area contributed by atoms with Crippen molar-refractivity contribution in [3.05, 3.63) is 0 Å². The molecule has 15 heavy (non-hydrogen) atoms. The summed E-state index contributed by atoms with van der Waals surface area (Å²) in [6.07, 6.45) is -2.72. The summed E-state index contributed by atoms with van der Waals surface area (Å²) in [5.74, 6) is -5.98. The van der Waals surface area contributed by atoms with Crippen molar-refractivity contribution in [3.63, 3.8) is 0 Å². The van der Waals surface area contributed by atoms with Crippen LogP contribution in [0.25, 0.3) is 0 Å². The summed E-state index contributed by atoms with van der Waals surface area (Å²) in [7, 11) is 0. The van der Waals surface area contributed by atoms with E-state index in [1.54, 1.807) is 0 Å². The van der Waals surface area contributed by atoms with E-state index >= 15 is 0 Å². The molecule has 0 aromatic carbocycles. The second-order valence-corrected chi connectivity index (χ2v) is 2.42. The molecule has 0 saturated carbocycles. The van der Waals surface area contributed by atoms with Gasteiger partial charge in [0.2, 0.25) is 0 Å². The Hall–Kier alpha value is -0.591. The van der Waals surface area contributed by atoms with Crippen LogP contribution >= 0.6 is 0 Å². The Morgan fingerprint density at radius 1 is 0.933 bits per heavy atom. The second kappa shape index (κ2) is 7.67.